The zero-order valence-corrected chi connectivity index (χ0v) is 12.8. The van der Waals surface area contributed by atoms with Gasteiger partial charge in [0.1, 0.15) is 5.75 Å². The minimum Gasteiger partial charge on any atom is -0.495 e. The summed E-state index contributed by atoms with van der Waals surface area (Å²) < 4.78 is 31.7. The van der Waals surface area contributed by atoms with E-state index in [0.29, 0.717) is 18.0 Å². The van der Waals surface area contributed by atoms with Crippen molar-refractivity contribution in [3.05, 3.63) is 54.1 Å². The van der Waals surface area contributed by atoms with Crippen LogP contribution in [0, 0.1) is 0 Å². The summed E-state index contributed by atoms with van der Waals surface area (Å²) in [5.41, 5.74) is 6.89. The molecule has 0 radical (unpaired) electrons. The summed E-state index contributed by atoms with van der Waals surface area (Å²) >= 11 is 0. The number of rotatable bonds is 5. The molecule has 0 aliphatic heterocycles. The lowest BCUT2D eigenvalue weighted by Crippen LogP contribution is -2.27. The van der Waals surface area contributed by atoms with Gasteiger partial charge in [-0.15, -0.1) is 0 Å². The van der Waals surface area contributed by atoms with Crippen molar-refractivity contribution in [3.8, 4) is 5.75 Å². The zero-order chi connectivity index (χ0) is 15.5. The molecule has 2 aromatic carbocycles. The maximum absolute atomic E-state index is 12.6. The lowest BCUT2D eigenvalue weighted by Gasteiger charge is -2.21. The van der Waals surface area contributed by atoms with Crippen LogP contribution >= 0.6 is 0 Å². The zero-order valence-electron chi connectivity index (χ0n) is 12.0. The maximum Gasteiger partial charge on any atom is 0.264 e. The third-order valence-electron chi connectivity index (χ3n) is 3.24. The van der Waals surface area contributed by atoms with Crippen LogP contribution in [0.15, 0.2) is 53.4 Å². The Morgan fingerprint density at radius 3 is 2.29 bits per heavy atom. The Hall–Kier alpha value is -2.05. The molecule has 0 saturated heterocycles. The molecule has 6 heteroatoms. The van der Waals surface area contributed by atoms with E-state index in [4.69, 9.17) is 10.5 Å². The number of methoxy groups -OCH3 is 1. The average molecular weight is 306 g/mol. The van der Waals surface area contributed by atoms with Crippen molar-refractivity contribution in [1.29, 1.82) is 0 Å². The number of nitrogens with two attached hydrogens (primary N) is 1. The highest BCUT2D eigenvalue weighted by Gasteiger charge is 2.23. The Balaban J connectivity index is 2.42. The van der Waals surface area contributed by atoms with Gasteiger partial charge in [0.25, 0.3) is 10.0 Å². The molecule has 2 rings (SSSR count). The van der Waals surface area contributed by atoms with Gasteiger partial charge >= 0.3 is 0 Å². The van der Waals surface area contributed by atoms with Gasteiger partial charge in [-0.05, 0) is 29.8 Å². The number of nitrogens with zero attached hydrogens (tertiary/aromatic N) is 1. The van der Waals surface area contributed by atoms with Crippen molar-refractivity contribution in [2.75, 3.05) is 18.5 Å². The summed E-state index contributed by atoms with van der Waals surface area (Å²) in [4.78, 5) is 0.216. The van der Waals surface area contributed by atoms with E-state index in [1.807, 2.05) is 0 Å². The van der Waals surface area contributed by atoms with Crippen molar-refractivity contribution < 1.29 is 13.2 Å². The highest BCUT2D eigenvalue weighted by atomic mass is 32.2. The molecule has 0 aromatic heterocycles. The number of para-hydroxylation sites is 2. The van der Waals surface area contributed by atoms with Crippen LogP contribution in [0.3, 0.4) is 0 Å². The molecule has 112 valence electrons. The molecule has 0 aliphatic carbocycles. The molecule has 5 nitrogen and oxygen atoms in total. The minimum absolute atomic E-state index is 0.216. The second kappa shape index (κ2) is 6.15. The molecule has 0 unspecified atom stereocenters. The van der Waals surface area contributed by atoms with E-state index in [0.717, 1.165) is 5.56 Å². The fraction of sp³-hybridized carbons (Fsp3) is 0.200. The van der Waals surface area contributed by atoms with Gasteiger partial charge in [-0.2, -0.15) is 0 Å². The van der Waals surface area contributed by atoms with Gasteiger partial charge < -0.3 is 10.5 Å². The Kier molecular flexibility index (Phi) is 4.50. The van der Waals surface area contributed by atoms with E-state index in [1.165, 1.54) is 18.5 Å². The van der Waals surface area contributed by atoms with Crippen molar-refractivity contribution in [3.63, 3.8) is 0 Å². The second-order valence-electron chi connectivity index (χ2n) is 4.49. The first-order valence-electron chi connectivity index (χ1n) is 6.41. The molecule has 0 fully saturated rings. The average Bonchev–Trinajstić information content (AvgIpc) is 2.54. The van der Waals surface area contributed by atoms with Crippen molar-refractivity contribution >= 4 is 15.7 Å². The molecular weight excluding hydrogens is 288 g/mol. The van der Waals surface area contributed by atoms with Crippen LogP contribution in [0.1, 0.15) is 5.56 Å². The molecule has 0 heterocycles. The van der Waals surface area contributed by atoms with Crippen LogP contribution in [0.4, 0.5) is 5.69 Å². The molecule has 0 amide bonds. The molecule has 0 spiro atoms. The van der Waals surface area contributed by atoms with E-state index in [9.17, 15) is 8.42 Å². The van der Waals surface area contributed by atoms with Crippen LogP contribution in [0.25, 0.3) is 0 Å². The highest BCUT2D eigenvalue weighted by Crippen LogP contribution is 2.30. The number of anilines is 1. The smallest absolute Gasteiger partial charge is 0.264 e. The normalized spacial score (nSPS) is 11.2. The van der Waals surface area contributed by atoms with Gasteiger partial charge in [0.15, 0.2) is 0 Å². The summed E-state index contributed by atoms with van der Waals surface area (Å²) in [5, 5.41) is 0. The molecule has 2 aromatic rings. The molecule has 0 atom stereocenters. The fourth-order valence-electron chi connectivity index (χ4n) is 1.98. The maximum atomic E-state index is 12.6. The first-order chi connectivity index (χ1) is 10.0. The Bertz CT molecular complexity index is 712. The molecule has 0 aliphatic rings. The number of ether oxygens (including phenoxy) is 1. The number of hydrogen-bond acceptors (Lipinski definition) is 4. The summed E-state index contributed by atoms with van der Waals surface area (Å²) in [6, 6.07) is 13.5. The molecule has 21 heavy (non-hydrogen) atoms. The molecule has 2 N–H and O–H groups in total. The Labute approximate surface area is 125 Å². The van der Waals surface area contributed by atoms with E-state index < -0.39 is 10.0 Å². The quantitative estimate of drug-likeness (QED) is 0.917. The topological polar surface area (TPSA) is 72.6 Å². The first kappa shape index (κ1) is 15.3. The molecular formula is C15H18N2O3S. The molecule has 0 bridgehead atoms. The Morgan fingerprint density at radius 2 is 1.71 bits per heavy atom. The van der Waals surface area contributed by atoms with Gasteiger partial charge in [0.2, 0.25) is 0 Å². The first-order valence-corrected chi connectivity index (χ1v) is 7.85. The predicted molar refractivity (Wildman–Crippen MR) is 82.9 cm³/mol. The van der Waals surface area contributed by atoms with E-state index in [2.05, 4.69) is 0 Å². The summed E-state index contributed by atoms with van der Waals surface area (Å²) in [7, 11) is -0.624. The SMILES string of the molecule is COc1ccccc1N(C)S(=O)(=O)c1ccc(CN)cc1. The van der Waals surface area contributed by atoms with Crippen LogP contribution < -0.4 is 14.8 Å². The third kappa shape index (κ3) is 3.01. The number of sulfonamides is 1. The summed E-state index contributed by atoms with van der Waals surface area (Å²) in [6.45, 7) is 0.378. The van der Waals surface area contributed by atoms with Crippen molar-refractivity contribution in [2.45, 2.75) is 11.4 Å². The van der Waals surface area contributed by atoms with E-state index in [-0.39, 0.29) is 4.90 Å². The number of benzene rings is 2. The molecule has 0 saturated carbocycles. The highest BCUT2D eigenvalue weighted by molar-refractivity contribution is 7.92. The number of hydrogen-bond donors (Lipinski definition) is 1. The monoisotopic (exact) mass is 306 g/mol. The van der Waals surface area contributed by atoms with Gasteiger partial charge in [-0.25, -0.2) is 8.42 Å². The summed E-state index contributed by atoms with van der Waals surface area (Å²) in [6.07, 6.45) is 0. The van der Waals surface area contributed by atoms with Gasteiger partial charge in [-0.3, -0.25) is 4.31 Å². The lowest BCUT2D eigenvalue weighted by molar-refractivity contribution is 0.416. The van der Waals surface area contributed by atoms with E-state index >= 15 is 0 Å². The van der Waals surface area contributed by atoms with Crippen LogP contribution in [0.5, 0.6) is 5.75 Å². The standard InChI is InChI=1S/C15H18N2O3S/c1-17(14-5-3-4-6-15(14)20-2)21(18,19)13-9-7-12(11-16)8-10-13/h3-10H,11,16H2,1-2H3. The predicted octanol–water partition coefficient (Wildman–Crippen LogP) is 1.98. The van der Waals surface area contributed by atoms with Gasteiger partial charge in [0.05, 0.1) is 17.7 Å². The Morgan fingerprint density at radius 1 is 1.10 bits per heavy atom. The summed E-state index contributed by atoms with van der Waals surface area (Å²) in [5.74, 6) is 0.502. The lowest BCUT2D eigenvalue weighted by atomic mass is 10.2. The third-order valence-corrected chi connectivity index (χ3v) is 5.03. The minimum atomic E-state index is -3.64. The van der Waals surface area contributed by atoms with Crippen molar-refractivity contribution in [1.82, 2.24) is 0 Å². The second-order valence-corrected chi connectivity index (χ2v) is 6.46. The van der Waals surface area contributed by atoms with Crippen molar-refractivity contribution in [2.24, 2.45) is 5.73 Å². The van der Waals surface area contributed by atoms with Gasteiger partial charge in [-0.1, -0.05) is 24.3 Å². The largest absolute Gasteiger partial charge is 0.495 e. The van der Waals surface area contributed by atoms with Gasteiger partial charge in [0, 0.05) is 13.6 Å². The van der Waals surface area contributed by atoms with E-state index in [1.54, 1.807) is 48.5 Å². The fourth-order valence-corrected chi connectivity index (χ4v) is 3.18. The van der Waals surface area contributed by atoms with Crippen LogP contribution in [-0.2, 0) is 16.6 Å². The van der Waals surface area contributed by atoms with Crippen LogP contribution in [0.2, 0.25) is 0 Å². The van der Waals surface area contributed by atoms with Crippen LogP contribution in [-0.4, -0.2) is 22.6 Å².